The van der Waals surface area contributed by atoms with Crippen LogP contribution in [0.15, 0.2) is 437 Å². The van der Waals surface area contributed by atoms with Crippen LogP contribution in [0.2, 0.25) is 0 Å². The van der Waals surface area contributed by atoms with Crippen molar-refractivity contribution in [1.29, 1.82) is 0 Å². The van der Waals surface area contributed by atoms with E-state index < -0.39 is 0 Å². The normalized spacial score (nSPS) is 11.6. The number of benzene rings is 19. The van der Waals surface area contributed by atoms with Crippen molar-refractivity contribution in [2.75, 3.05) is 9.80 Å². The second kappa shape index (κ2) is 27.7. The van der Waals surface area contributed by atoms with Gasteiger partial charge >= 0.3 is 0 Å². The number of anilines is 6. The molecule has 0 aliphatic carbocycles. The molecular weight excluding hydrogens is 1350 g/mol. The molecule has 0 saturated heterocycles. The first-order chi connectivity index (χ1) is 55.5. The van der Waals surface area contributed by atoms with Crippen LogP contribution in [0.1, 0.15) is 0 Å². The molecule has 0 aliphatic rings. The van der Waals surface area contributed by atoms with Gasteiger partial charge in [0.15, 0.2) is 0 Å². The molecule has 0 aliphatic heterocycles. The molecule has 0 bridgehead atoms. The topological polar surface area (TPSA) is 16.3 Å². The summed E-state index contributed by atoms with van der Waals surface area (Å²) in [5.41, 5.74) is 29.9. The lowest BCUT2D eigenvalue weighted by Gasteiger charge is -2.28. The van der Waals surface area contributed by atoms with Gasteiger partial charge in [-0.1, -0.05) is 297 Å². The standard InChI is InChI=1S/C108H72N4/c1-4-30-87(31-5-1)109(90-61-54-74(55-62-90)79-51-48-73-24-10-11-25-78(73)68-79)101-42-16-12-37-95(101)83-27-21-29-85(71-83)97-41-23-47-106-108(97)99-39-15-19-45-104(99)112(106)92-65-58-76(59-66-92)81-52-49-77-50-53-86-69-80(60-67-93(86)100(77)72-81)75-56-63-91(64-57-75)110(88-32-6-2-7-33-88)102-43-17-13-36-94(102)82-26-20-28-84(70-82)96-40-22-46-105-107(96)98-38-14-18-44-103(98)111(105)89-34-8-3-9-35-89/h1-72H. The number of rotatable bonds is 15. The first kappa shape index (κ1) is 65.5. The van der Waals surface area contributed by atoms with Crippen LogP contribution >= 0.6 is 0 Å². The van der Waals surface area contributed by atoms with Crippen LogP contribution in [0.5, 0.6) is 0 Å². The second-order valence-electron chi connectivity index (χ2n) is 29.1. The monoisotopic (exact) mass is 1420 g/mol. The van der Waals surface area contributed by atoms with Crippen LogP contribution < -0.4 is 9.80 Å². The molecule has 4 nitrogen and oxygen atoms in total. The number of nitrogens with zero attached hydrogens (tertiary/aromatic N) is 4. The summed E-state index contributed by atoms with van der Waals surface area (Å²) in [6.07, 6.45) is 0. The Labute approximate surface area is 650 Å². The highest BCUT2D eigenvalue weighted by Gasteiger charge is 2.24. The summed E-state index contributed by atoms with van der Waals surface area (Å²) in [4.78, 5) is 4.79. The van der Waals surface area contributed by atoms with Crippen LogP contribution in [0.4, 0.5) is 34.1 Å². The third kappa shape index (κ3) is 11.6. The van der Waals surface area contributed by atoms with Gasteiger partial charge in [0.05, 0.1) is 33.4 Å². The lowest BCUT2D eigenvalue weighted by atomic mass is 9.94. The summed E-state index contributed by atoms with van der Waals surface area (Å²) in [6, 6.07) is 160. The lowest BCUT2D eigenvalue weighted by molar-refractivity contribution is 1.18. The van der Waals surface area contributed by atoms with Crippen molar-refractivity contribution in [3.63, 3.8) is 0 Å². The van der Waals surface area contributed by atoms with Crippen LogP contribution in [0.3, 0.4) is 0 Å². The average molecular weight is 1430 g/mol. The van der Waals surface area contributed by atoms with E-state index in [4.69, 9.17) is 0 Å². The molecule has 0 unspecified atom stereocenters. The Bertz CT molecular complexity index is 7160. The van der Waals surface area contributed by atoms with E-state index in [1.165, 1.54) is 115 Å². The Kier molecular flexibility index (Phi) is 16.2. The fraction of sp³-hybridized carbons (Fsp3) is 0. The van der Waals surface area contributed by atoms with E-state index in [0.29, 0.717) is 0 Å². The first-order valence-corrected chi connectivity index (χ1v) is 38.5. The maximum Gasteiger partial charge on any atom is 0.0547 e. The number of hydrogen-bond donors (Lipinski definition) is 0. The minimum absolute atomic E-state index is 1.08. The van der Waals surface area contributed by atoms with E-state index in [9.17, 15) is 0 Å². The number of aromatic nitrogens is 2. The van der Waals surface area contributed by atoms with Gasteiger partial charge in [-0.25, -0.2) is 0 Å². The van der Waals surface area contributed by atoms with E-state index >= 15 is 0 Å². The van der Waals surface area contributed by atoms with Gasteiger partial charge < -0.3 is 18.9 Å². The Morgan fingerprint density at radius 2 is 0.509 bits per heavy atom. The zero-order valence-electron chi connectivity index (χ0n) is 61.4. The Morgan fingerprint density at radius 1 is 0.161 bits per heavy atom. The van der Waals surface area contributed by atoms with Gasteiger partial charge in [0.2, 0.25) is 0 Å². The molecule has 2 aromatic heterocycles. The fourth-order valence-corrected chi connectivity index (χ4v) is 17.4. The van der Waals surface area contributed by atoms with E-state index in [0.717, 1.165) is 84.4 Å². The third-order valence-electron chi connectivity index (χ3n) is 22.7. The smallest absolute Gasteiger partial charge is 0.0547 e. The molecule has 21 aromatic rings. The minimum Gasteiger partial charge on any atom is -0.310 e. The van der Waals surface area contributed by atoms with Crippen LogP contribution in [-0.4, -0.2) is 9.13 Å². The highest BCUT2D eigenvalue weighted by molar-refractivity contribution is 6.18. The number of para-hydroxylation sites is 7. The molecule has 0 N–H and O–H groups in total. The molecule has 4 heteroatoms. The molecule has 19 aromatic carbocycles. The van der Waals surface area contributed by atoms with Gasteiger partial charge in [-0.05, 0) is 239 Å². The van der Waals surface area contributed by atoms with Crippen molar-refractivity contribution in [3.05, 3.63) is 437 Å². The molecule has 0 atom stereocenters. The predicted molar refractivity (Wildman–Crippen MR) is 475 cm³/mol. The van der Waals surface area contributed by atoms with Gasteiger partial charge in [-0.2, -0.15) is 0 Å². The number of hydrogen-bond acceptors (Lipinski definition) is 2. The maximum absolute atomic E-state index is 2.44. The van der Waals surface area contributed by atoms with Crippen molar-refractivity contribution in [1.82, 2.24) is 9.13 Å². The van der Waals surface area contributed by atoms with Crippen molar-refractivity contribution in [2.24, 2.45) is 0 Å². The summed E-state index contributed by atoms with van der Waals surface area (Å²) in [6.45, 7) is 0. The van der Waals surface area contributed by atoms with E-state index in [1.807, 2.05) is 0 Å². The van der Waals surface area contributed by atoms with Gasteiger partial charge in [0.25, 0.3) is 0 Å². The SMILES string of the molecule is c1ccc(N(c2ccc(-c3ccc4c(ccc5ccc(-c6ccc(-n7c8ccccc8c8c(-c9cccc(-c%10ccccc%10N(c%10ccccc%10)c%10ccc(-c%11ccc%12ccccc%12c%11)cc%10)c9)cccc87)cc6)cc54)c3)cc2)c2ccccc2-c2cccc(-c3cccc4c3c3ccccc3n4-c3ccccc3)c2)cc1. The van der Waals surface area contributed by atoms with Gasteiger partial charge in [-0.15, -0.1) is 0 Å². The van der Waals surface area contributed by atoms with Gasteiger partial charge in [-0.3, -0.25) is 0 Å². The van der Waals surface area contributed by atoms with E-state index in [1.54, 1.807) is 0 Å². The molecule has 112 heavy (non-hydrogen) atoms. The number of fused-ring (bicyclic) bond motifs is 10. The van der Waals surface area contributed by atoms with Crippen LogP contribution in [-0.2, 0) is 0 Å². The summed E-state index contributed by atoms with van der Waals surface area (Å²) in [5, 5.41) is 12.3. The molecule has 0 radical (unpaired) electrons. The molecule has 0 fully saturated rings. The van der Waals surface area contributed by atoms with E-state index in [2.05, 4.69) is 456 Å². The first-order valence-electron chi connectivity index (χ1n) is 38.5. The maximum atomic E-state index is 2.44. The predicted octanol–water partition coefficient (Wildman–Crippen LogP) is 29.9. The molecule has 0 amide bonds. The Balaban J connectivity index is 0.568. The molecular formula is C108H72N4. The summed E-state index contributed by atoms with van der Waals surface area (Å²) in [7, 11) is 0. The molecule has 21 rings (SSSR count). The zero-order valence-corrected chi connectivity index (χ0v) is 61.4. The highest BCUT2D eigenvalue weighted by Crippen LogP contribution is 2.48. The summed E-state index contributed by atoms with van der Waals surface area (Å²) < 4.78 is 4.83. The highest BCUT2D eigenvalue weighted by atomic mass is 15.2. The van der Waals surface area contributed by atoms with Crippen molar-refractivity contribution in [3.8, 4) is 89.3 Å². The largest absolute Gasteiger partial charge is 0.310 e. The minimum atomic E-state index is 1.08. The third-order valence-corrected chi connectivity index (χ3v) is 22.7. The quantitative estimate of drug-likeness (QED) is 0.0951. The molecule has 0 spiro atoms. The zero-order chi connectivity index (χ0) is 74.0. The molecule has 0 saturated carbocycles. The Morgan fingerprint density at radius 3 is 1.04 bits per heavy atom. The van der Waals surface area contributed by atoms with Crippen molar-refractivity contribution in [2.45, 2.75) is 0 Å². The van der Waals surface area contributed by atoms with Gasteiger partial charge in [0.1, 0.15) is 0 Å². The lowest BCUT2D eigenvalue weighted by Crippen LogP contribution is -2.11. The van der Waals surface area contributed by atoms with Crippen molar-refractivity contribution < 1.29 is 0 Å². The Hall–Kier alpha value is -14.8. The molecule has 524 valence electrons. The summed E-state index contributed by atoms with van der Waals surface area (Å²) >= 11 is 0. The van der Waals surface area contributed by atoms with Crippen LogP contribution in [0.25, 0.3) is 165 Å². The van der Waals surface area contributed by atoms with Crippen LogP contribution in [0, 0.1) is 0 Å². The van der Waals surface area contributed by atoms with E-state index in [-0.39, 0.29) is 0 Å². The van der Waals surface area contributed by atoms with Gasteiger partial charge in [0, 0.05) is 66.8 Å². The summed E-state index contributed by atoms with van der Waals surface area (Å²) in [5.74, 6) is 0. The average Bonchev–Trinajstić information content (AvgIpc) is 1.56. The molecule has 2 heterocycles. The fourth-order valence-electron chi connectivity index (χ4n) is 17.4. The van der Waals surface area contributed by atoms with Crippen molar-refractivity contribution >= 4 is 110 Å². The second-order valence-corrected chi connectivity index (χ2v) is 29.1.